The van der Waals surface area contributed by atoms with Crippen LogP contribution in [0.4, 0.5) is 5.82 Å². The number of hydrogen-bond donors (Lipinski definition) is 1. The smallest absolute Gasteiger partial charge is 0.226 e. The van der Waals surface area contributed by atoms with Crippen molar-refractivity contribution in [3.63, 3.8) is 0 Å². The first kappa shape index (κ1) is 21.3. The Kier molecular flexibility index (Phi) is 5.18. The zero-order valence-corrected chi connectivity index (χ0v) is 19.5. The van der Waals surface area contributed by atoms with Gasteiger partial charge in [0.05, 0.1) is 5.69 Å². The number of rotatable bonds is 5. The predicted octanol–water partition coefficient (Wildman–Crippen LogP) is 4.32. The molecule has 3 aromatic heterocycles. The fraction of sp³-hybridized carbons (Fsp3) is 0.160. The minimum atomic E-state index is -0.131. The molecule has 0 bridgehead atoms. The molecule has 1 atom stereocenters. The van der Waals surface area contributed by atoms with E-state index in [0.29, 0.717) is 35.3 Å². The molecule has 1 N–H and O–H groups in total. The Balaban J connectivity index is 1.29. The molecule has 0 aliphatic carbocycles. The Morgan fingerprint density at radius 3 is 2.80 bits per heavy atom. The quantitative estimate of drug-likeness (QED) is 0.398. The molecule has 1 amide bonds. The molecule has 0 saturated carbocycles. The van der Waals surface area contributed by atoms with Crippen molar-refractivity contribution in [2.75, 3.05) is 5.32 Å². The first-order valence-corrected chi connectivity index (χ1v) is 11.5. The third kappa shape index (κ3) is 4.00. The molecule has 10 heteroatoms. The third-order valence-electron chi connectivity index (χ3n) is 6.04. The monoisotopic (exact) mass is 485 g/mol. The first-order chi connectivity index (χ1) is 17.0. The van der Waals surface area contributed by atoms with Crippen LogP contribution in [0.3, 0.4) is 0 Å². The number of aromatic nitrogens is 6. The summed E-state index contributed by atoms with van der Waals surface area (Å²) < 4.78 is 9.15. The van der Waals surface area contributed by atoms with Gasteiger partial charge in [-0.3, -0.25) is 4.79 Å². The Morgan fingerprint density at radius 1 is 1.11 bits per heavy atom. The highest BCUT2D eigenvalue weighted by molar-refractivity contribution is 6.30. The second kappa shape index (κ2) is 8.52. The van der Waals surface area contributed by atoms with Crippen molar-refractivity contribution >= 4 is 29.0 Å². The summed E-state index contributed by atoms with van der Waals surface area (Å²) in [6.07, 6.45) is 1.86. The molecule has 35 heavy (non-hydrogen) atoms. The molecule has 4 heterocycles. The fourth-order valence-electron chi connectivity index (χ4n) is 4.42. The summed E-state index contributed by atoms with van der Waals surface area (Å²) in [4.78, 5) is 12.7. The highest BCUT2D eigenvalue weighted by Gasteiger charge is 2.33. The number of amides is 1. The van der Waals surface area contributed by atoms with Crippen LogP contribution in [0.1, 0.15) is 34.7 Å². The summed E-state index contributed by atoms with van der Waals surface area (Å²) in [7, 11) is 0. The lowest BCUT2D eigenvalue weighted by Gasteiger charge is -2.24. The number of ether oxygens (including phenoxy) is 1. The van der Waals surface area contributed by atoms with Crippen LogP contribution >= 0.6 is 11.6 Å². The number of halogens is 1. The lowest BCUT2D eigenvalue weighted by molar-refractivity contribution is -0.116. The standard InChI is InChI=1S/C25H20ClN7O2/c1-15-24-20(17-5-7-19(8-6-17)35-13-16-3-2-4-18(26)11-16)12-23(34)28-25(24)33(30-15)22-10-9-21-29-27-14-32(21)31-22/h2-11,14,20H,12-13H2,1H3,(H,28,34)/t20-/m0/s1. The van der Waals surface area contributed by atoms with Gasteiger partial charge in [0.1, 0.15) is 24.5 Å². The van der Waals surface area contributed by atoms with E-state index in [1.165, 1.54) is 6.33 Å². The van der Waals surface area contributed by atoms with Crippen LogP contribution in [0.2, 0.25) is 5.02 Å². The Labute approximate surface area is 205 Å². The third-order valence-corrected chi connectivity index (χ3v) is 6.28. The number of anilines is 1. The molecule has 1 aliphatic heterocycles. The molecule has 6 rings (SSSR count). The van der Waals surface area contributed by atoms with Crippen molar-refractivity contribution in [1.82, 2.24) is 29.6 Å². The van der Waals surface area contributed by atoms with Gasteiger partial charge >= 0.3 is 0 Å². The van der Waals surface area contributed by atoms with E-state index in [1.54, 1.807) is 15.3 Å². The van der Waals surface area contributed by atoms with Crippen LogP contribution in [-0.2, 0) is 11.4 Å². The van der Waals surface area contributed by atoms with Crippen LogP contribution in [0.15, 0.2) is 67.0 Å². The Morgan fingerprint density at radius 2 is 1.97 bits per heavy atom. The van der Waals surface area contributed by atoms with E-state index in [9.17, 15) is 4.79 Å². The minimum absolute atomic E-state index is 0.0738. The van der Waals surface area contributed by atoms with Crippen molar-refractivity contribution in [2.24, 2.45) is 0 Å². The van der Waals surface area contributed by atoms with Crippen LogP contribution in [0.5, 0.6) is 5.75 Å². The maximum absolute atomic E-state index is 12.7. The predicted molar refractivity (Wildman–Crippen MR) is 130 cm³/mol. The molecule has 0 radical (unpaired) electrons. The SMILES string of the molecule is Cc1nn(-c2ccc3nncn3n2)c2c1[C@H](c1ccc(OCc3cccc(Cl)c3)cc1)CC(=O)N2. The number of carbonyl (C=O) groups is 1. The topological polar surface area (TPSA) is 99.2 Å². The van der Waals surface area contributed by atoms with Crippen molar-refractivity contribution in [2.45, 2.75) is 25.9 Å². The average Bonchev–Trinajstić information content (AvgIpc) is 3.46. The number of benzene rings is 2. The summed E-state index contributed by atoms with van der Waals surface area (Å²) in [6, 6.07) is 19.0. The van der Waals surface area contributed by atoms with Gasteiger partial charge in [0.25, 0.3) is 0 Å². The van der Waals surface area contributed by atoms with E-state index >= 15 is 0 Å². The number of nitrogens with one attached hydrogen (secondary N) is 1. The van der Waals surface area contributed by atoms with Crippen molar-refractivity contribution in [3.8, 4) is 11.6 Å². The molecule has 2 aromatic carbocycles. The molecular weight excluding hydrogens is 466 g/mol. The van der Waals surface area contributed by atoms with Gasteiger partial charge in [-0.15, -0.1) is 15.3 Å². The summed E-state index contributed by atoms with van der Waals surface area (Å²) in [5.41, 5.74) is 4.45. The largest absolute Gasteiger partial charge is 0.489 e. The van der Waals surface area contributed by atoms with E-state index in [-0.39, 0.29) is 11.8 Å². The summed E-state index contributed by atoms with van der Waals surface area (Å²) in [5, 5.41) is 20.8. The van der Waals surface area contributed by atoms with Crippen LogP contribution in [0.25, 0.3) is 11.5 Å². The van der Waals surface area contributed by atoms with E-state index in [0.717, 1.165) is 28.1 Å². The van der Waals surface area contributed by atoms with Crippen molar-refractivity contribution in [1.29, 1.82) is 0 Å². The van der Waals surface area contributed by atoms with Crippen molar-refractivity contribution in [3.05, 3.63) is 94.4 Å². The molecule has 0 fully saturated rings. The summed E-state index contributed by atoms with van der Waals surface area (Å²) in [5.74, 6) is 1.73. The molecule has 174 valence electrons. The van der Waals surface area contributed by atoms with E-state index in [1.807, 2.05) is 61.5 Å². The number of nitrogens with zero attached hydrogens (tertiary/aromatic N) is 6. The van der Waals surface area contributed by atoms with Gasteiger partial charge in [0, 0.05) is 22.9 Å². The van der Waals surface area contributed by atoms with Crippen LogP contribution in [-0.4, -0.2) is 35.5 Å². The highest BCUT2D eigenvalue weighted by atomic mass is 35.5. The fourth-order valence-corrected chi connectivity index (χ4v) is 4.63. The lowest BCUT2D eigenvalue weighted by atomic mass is 9.86. The maximum Gasteiger partial charge on any atom is 0.226 e. The molecule has 0 saturated heterocycles. The number of aryl methyl sites for hydroxylation is 1. The lowest BCUT2D eigenvalue weighted by Crippen LogP contribution is -2.25. The molecule has 0 unspecified atom stereocenters. The zero-order valence-electron chi connectivity index (χ0n) is 18.7. The normalized spacial score (nSPS) is 15.1. The zero-order chi connectivity index (χ0) is 23.9. The van der Waals surface area contributed by atoms with E-state index < -0.39 is 0 Å². The minimum Gasteiger partial charge on any atom is -0.489 e. The van der Waals surface area contributed by atoms with Crippen LogP contribution in [0, 0.1) is 6.92 Å². The van der Waals surface area contributed by atoms with Gasteiger partial charge in [-0.2, -0.15) is 14.3 Å². The van der Waals surface area contributed by atoms with Gasteiger partial charge < -0.3 is 10.1 Å². The number of hydrogen-bond acceptors (Lipinski definition) is 6. The Bertz CT molecular complexity index is 1560. The van der Waals surface area contributed by atoms with Gasteiger partial charge in [0.15, 0.2) is 11.5 Å². The second-order valence-electron chi connectivity index (χ2n) is 8.38. The number of carbonyl (C=O) groups excluding carboxylic acids is 1. The average molecular weight is 486 g/mol. The molecule has 1 aliphatic rings. The van der Waals surface area contributed by atoms with E-state index in [4.69, 9.17) is 21.4 Å². The number of fused-ring (bicyclic) bond motifs is 2. The van der Waals surface area contributed by atoms with Gasteiger partial charge in [-0.25, -0.2) is 0 Å². The molecule has 0 spiro atoms. The second-order valence-corrected chi connectivity index (χ2v) is 8.81. The van der Waals surface area contributed by atoms with Gasteiger partial charge in [0.2, 0.25) is 5.91 Å². The highest BCUT2D eigenvalue weighted by Crippen LogP contribution is 2.40. The maximum atomic E-state index is 12.7. The van der Waals surface area contributed by atoms with E-state index in [2.05, 4.69) is 20.6 Å². The molecule has 9 nitrogen and oxygen atoms in total. The van der Waals surface area contributed by atoms with Gasteiger partial charge in [-0.1, -0.05) is 35.9 Å². The van der Waals surface area contributed by atoms with Gasteiger partial charge in [-0.05, 0) is 54.4 Å². The molecular formula is C25H20ClN7O2. The van der Waals surface area contributed by atoms with Crippen LogP contribution < -0.4 is 10.1 Å². The summed E-state index contributed by atoms with van der Waals surface area (Å²) in [6.45, 7) is 2.37. The summed E-state index contributed by atoms with van der Waals surface area (Å²) >= 11 is 6.05. The molecule has 5 aromatic rings. The Hall–Kier alpha value is -4.24. The van der Waals surface area contributed by atoms with Crippen molar-refractivity contribution < 1.29 is 9.53 Å². The first-order valence-electron chi connectivity index (χ1n) is 11.1.